The zero-order valence-corrected chi connectivity index (χ0v) is 6.79. The molecular weight excluding hydrogens is 248 g/mol. The van der Waals surface area contributed by atoms with E-state index in [-0.39, 0.29) is 0 Å². The first-order valence-electron chi connectivity index (χ1n) is 2.61. The lowest BCUT2D eigenvalue weighted by atomic mass is 10.3. The zero-order chi connectivity index (χ0) is 11.8. The van der Waals surface area contributed by atoms with Crippen LogP contribution in [0.2, 0.25) is 0 Å². The molecule has 2 N–H and O–H groups in total. The molecule has 0 spiro atoms. The molecule has 0 amide bonds. The Morgan fingerprint density at radius 3 is 1.43 bits per heavy atom. The SMILES string of the molecule is OP(O)OC(F)(F)C(F)(F)C(F)(F)F. The van der Waals surface area contributed by atoms with Gasteiger partial charge in [-0.25, -0.2) is 4.52 Å². The van der Waals surface area contributed by atoms with Crippen molar-refractivity contribution in [1.82, 2.24) is 0 Å². The monoisotopic (exact) mass is 250 g/mol. The van der Waals surface area contributed by atoms with Gasteiger partial charge in [-0.15, -0.1) is 0 Å². The highest BCUT2D eigenvalue weighted by Crippen LogP contribution is 2.51. The predicted octanol–water partition coefficient (Wildman–Crippen LogP) is 2.00. The van der Waals surface area contributed by atoms with Crippen LogP contribution in [0.4, 0.5) is 30.7 Å². The highest BCUT2D eigenvalue weighted by Gasteiger charge is 2.75. The highest BCUT2D eigenvalue weighted by atomic mass is 31.2. The van der Waals surface area contributed by atoms with Gasteiger partial charge < -0.3 is 9.79 Å². The molecule has 0 bridgehead atoms. The summed E-state index contributed by atoms with van der Waals surface area (Å²) in [5.41, 5.74) is 0. The number of halogens is 7. The van der Waals surface area contributed by atoms with Gasteiger partial charge in [0.1, 0.15) is 0 Å². The van der Waals surface area contributed by atoms with E-state index >= 15 is 0 Å². The normalized spacial score (nSPS) is 15.0. The first-order chi connectivity index (χ1) is 5.92. The van der Waals surface area contributed by atoms with E-state index in [9.17, 15) is 30.7 Å². The Labute approximate surface area is 73.1 Å². The molecule has 0 heterocycles. The molecule has 0 aromatic rings. The second kappa shape index (κ2) is 3.76. The van der Waals surface area contributed by atoms with Crippen LogP contribution in [0.1, 0.15) is 0 Å². The highest BCUT2D eigenvalue weighted by molar-refractivity contribution is 7.39. The Kier molecular flexibility index (Phi) is 3.71. The largest absolute Gasteiger partial charge is 0.462 e. The summed E-state index contributed by atoms with van der Waals surface area (Å²) < 4.78 is 84.0. The summed E-state index contributed by atoms with van der Waals surface area (Å²) in [7, 11) is -4.03. The minimum Gasteiger partial charge on any atom is -0.328 e. The number of hydrogen-bond acceptors (Lipinski definition) is 3. The summed E-state index contributed by atoms with van der Waals surface area (Å²) in [6.45, 7) is 0. The molecule has 0 fully saturated rings. The third kappa shape index (κ3) is 2.66. The summed E-state index contributed by atoms with van der Waals surface area (Å²) >= 11 is 0. The van der Waals surface area contributed by atoms with Crippen LogP contribution < -0.4 is 0 Å². The lowest BCUT2D eigenvalue weighted by molar-refractivity contribution is -0.404. The van der Waals surface area contributed by atoms with Crippen LogP contribution in [-0.2, 0) is 4.52 Å². The molecule has 0 unspecified atom stereocenters. The van der Waals surface area contributed by atoms with Crippen molar-refractivity contribution >= 4 is 8.60 Å². The van der Waals surface area contributed by atoms with Gasteiger partial charge in [0.05, 0.1) is 0 Å². The molecule has 3 nitrogen and oxygen atoms in total. The third-order valence-electron chi connectivity index (χ3n) is 0.918. The van der Waals surface area contributed by atoms with E-state index in [1.54, 1.807) is 0 Å². The van der Waals surface area contributed by atoms with Crippen molar-refractivity contribution in [3.8, 4) is 0 Å². The van der Waals surface area contributed by atoms with E-state index in [2.05, 4.69) is 4.52 Å². The topological polar surface area (TPSA) is 49.7 Å². The lowest BCUT2D eigenvalue weighted by Gasteiger charge is -2.27. The standard InChI is InChI=1S/C3H2F7O3P/c4-1(5,2(6,7)8)3(9,10)13-14(11)12/h11-12H. The molecule has 0 aliphatic rings. The smallest absolute Gasteiger partial charge is 0.328 e. The summed E-state index contributed by atoms with van der Waals surface area (Å²) in [6, 6.07) is 0. The van der Waals surface area contributed by atoms with Gasteiger partial charge in [-0.05, 0) is 0 Å². The zero-order valence-electron chi connectivity index (χ0n) is 5.90. The summed E-state index contributed by atoms with van der Waals surface area (Å²) in [5, 5.41) is 0. The Morgan fingerprint density at radius 2 is 1.21 bits per heavy atom. The van der Waals surface area contributed by atoms with Gasteiger partial charge in [-0.3, -0.25) is 0 Å². The predicted molar refractivity (Wildman–Crippen MR) is 28.4 cm³/mol. The Hall–Kier alpha value is -0.180. The first-order valence-corrected chi connectivity index (χ1v) is 3.77. The van der Waals surface area contributed by atoms with Crippen molar-refractivity contribution in [3.63, 3.8) is 0 Å². The molecule has 0 aromatic heterocycles. The van der Waals surface area contributed by atoms with E-state index in [1.807, 2.05) is 0 Å². The van der Waals surface area contributed by atoms with Crippen LogP contribution in [0.5, 0.6) is 0 Å². The van der Waals surface area contributed by atoms with Crippen LogP contribution in [-0.4, -0.2) is 28.0 Å². The maximum atomic E-state index is 12.0. The van der Waals surface area contributed by atoms with Crippen molar-refractivity contribution in [2.24, 2.45) is 0 Å². The molecule has 11 heteroatoms. The molecule has 0 aliphatic carbocycles. The van der Waals surface area contributed by atoms with Crippen LogP contribution in [0, 0.1) is 0 Å². The maximum Gasteiger partial charge on any atom is 0.462 e. The number of rotatable bonds is 3. The summed E-state index contributed by atoms with van der Waals surface area (Å²) in [4.78, 5) is 15.5. The molecule has 0 rings (SSSR count). The Bertz CT molecular complexity index is 201. The average molecular weight is 250 g/mol. The van der Waals surface area contributed by atoms with Crippen LogP contribution >= 0.6 is 8.60 Å². The van der Waals surface area contributed by atoms with Gasteiger partial charge in [0, 0.05) is 0 Å². The fourth-order valence-electron chi connectivity index (χ4n) is 0.325. The molecular formula is C3H2F7O3P. The van der Waals surface area contributed by atoms with Crippen LogP contribution in [0.3, 0.4) is 0 Å². The fraction of sp³-hybridized carbons (Fsp3) is 1.00. The minimum absolute atomic E-state index is 2.40. The second-order valence-corrected chi connectivity index (χ2v) is 2.62. The van der Waals surface area contributed by atoms with E-state index < -0.39 is 26.8 Å². The van der Waals surface area contributed by atoms with Gasteiger partial charge >= 0.3 is 26.8 Å². The molecule has 0 saturated carbocycles. The van der Waals surface area contributed by atoms with Gasteiger partial charge in [-0.1, -0.05) is 0 Å². The van der Waals surface area contributed by atoms with Gasteiger partial charge in [0.15, 0.2) is 0 Å². The van der Waals surface area contributed by atoms with Crippen LogP contribution in [0.25, 0.3) is 0 Å². The summed E-state index contributed by atoms with van der Waals surface area (Å²) in [5.74, 6) is -6.49. The van der Waals surface area contributed by atoms with Gasteiger partial charge in [-0.2, -0.15) is 30.7 Å². The molecule has 86 valence electrons. The molecule has 0 aromatic carbocycles. The fourth-order valence-corrected chi connectivity index (χ4v) is 0.645. The molecule has 0 atom stereocenters. The Morgan fingerprint density at radius 1 is 0.857 bits per heavy atom. The molecule has 0 radical (unpaired) electrons. The van der Waals surface area contributed by atoms with Crippen molar-refractivity contribution in [3.05, 3.63) is 0 Å². The van der Waals surface area contributed by atoms with E-state index in [0.717, 1.165) is 0 Å². The van der Waals surface area contributed by atoms with Crippen molar-refractivity contribution < 1.29 is 45.0 Å². The number of hydrogen-bond donors (Lipinski definition) is 2. The van der Waals surface area contributed by atoms with Crippen molar-refractivity contribution in [2.45, 2.75) is 18.2 Å². The van der Waals surface area contributed by atoms with Gasteiger partial charge in [0.25, 0.3) is 0 Å². The lowest BCUT2D eigenvalue weighted by Crippen LogP contribution is -2.52. The minimum atomic E-state index is -6.55. The first kappa shape index (κ1) is 13.8. The van der Waals surface area contributed by atoms with Gasteiger partial charge in [0.2, 0.25) is 0 Å². The summed E-state index contributed by atoms with van der Waals surface area (Å²) in [6.07, 6.45) is -12.6. The second-order valence-electron chi connectivity index (χ2n) is 1.93. The van der Waals surface area contributed by atoms with E-state index in [4.69, 9.17) is 9.79 Å². The van der Waals surface area contributed by atoms with Crippen LogP contribution in [0.15, 0.2) is 0 Å². The number of alkyl halides is 7. The average Bonchev–Trinajstić information content (AvgIpc) is 1.80. The molecule has 0 aliphatic heterocycles. The Balaban J connectivity index is 4.88. The third-order valence-corrected chi connectivity index (χ3v) is 1.31. The molecule has 14 heavy (non-hydrogen) atoms. The van der Waals surface area contributed by atoms with Crippen molar-refractivity contribution in [2.75, 3.05) is 0 Å². The van der Waals surface area contributed by atoms with E-state index in [0.29, 0.717) is 0 Å². The quantitative estimate of drug-likeness (QED) is 0.595. The molecule has 0 saturated heterocycles. The van der Waals surface area contributed by atoms with E-state index in [1.165, 1.54) is 0 Å². The van der Waals surface area contributed by atoms with Crippen molar-refractivity contribution in [1.29, 1.82) is 0 Å². The maximum absolute atomic E-state index is 12.0.